The van der Waals surface area contributed by atoms with Gasteiger partial charge < -0.3 is 24.2 Å². The van der Waals surface area contributed by atoms with E-state index in [1.54, 1.807) is 0 Å². The molecule has 5 rings (SSSR count). The third-order valence-electron chi connectivity index (χ3n) is 8.47. The molecule has 0 spiro atoms. The molecule has 42 heavy (non-hydrogen) atoms. The maximum Gasteiger partial charge on any atom is 0.410 e. The molecule has 3 aromatic rings. The molecule has 9 heteroatoms. The van der Waals surface area contributed by atoms with Crippen LogP contribution in [0.15, 0.2) is 30.3 Å². The Morgan fingerprint density at radius 1 is 0.976 bits per heavy atom. The summed E-state index contributed by atoms with van der Waals surface area (Å²) in [6, 6.07) is 10.6. The van der Waals surface area contributed by atoms with Crippen LogP contribution in [0.2, 0.25) is 0 Å². The Labute approximate surface area is 253 Å². The number of hydrogen-bond donors (Lipinski definition) is 1. The standard InChI is InChI=1S/C33H46N4O4S/c1-6-10-23(11-7-2)28-29-24-12-8-9-13-25(24)35(20-21-37(29)26-22-27(31(38)39)42-30(26)28)17-14-34-15-18-36(19-16-34)32(40)41-33(3,4)5/h8-9,12-13,22-23H,6-7,10-11,14-21H2,1-5H3,(H,38,39). The van der Waals surface area contributed by atoms with Gasteiger partial charge in [0.25, 0.3) is 0 Å². The minimum atomic E-state index is -0.846. The number of anilines is 1. The van der Waals surface area contributed by atoms with E-state index in [0.717, 1.165) is 75.2 Å². The molecule has 1 N–H and O–H groups in total. The zero-order valence-electron chi connectivity index (χ0n) is 25.8. The number of rotatable bonds is 9. The molecule has 8 nitrogen and oxygen atoms in total. The number of carboxylic acids is 1. The number of carbonyl (C=O) groups is 2. The SMILES string of the molecule is CCCC(CCC)c1c2n(c3cc(C(=O)O)sc13)CCN(CCN1CCN(C(=O)OC(C)(C)C)CC1)c1ccccc1-2. The first-order valence-electron chi connectivity index (χ1n) is 15.5. The molecule has 2 aliphatic heterocycles. The summed E-state index contributed by atoms with van der Waals surface area (Å²) in [7, 11) is 0. The summed E-state index contributed by atoms with van der Waals surface area (Å²) in [5.74, 6) is -0.443. The average Bonchev–Trinajstić information content (AvgIpc) is 3.45. The van der Waals surface area contributed by atoms with Gasteiger partial charge in [-0.2, -0.15) is 0 Å². The van der Waals surface area contributed by atoms with Crippen molar-refractivity contribution in [2.45, 2.75) is 78.4 Å². The zero-order chi connectivity index (χ0) is 30.0. The van der Waals surface area contributed by atoms with Crippen LogP contribution < -0.4 is 4.90 Å². The molecule has 2 aromatic heterocycles. The lowest BCUT2D eigenvalue weighted by atomic mass is 9.88. The van der Waals surface area contributed by atoms with Gasteiger partial charge in [0.15, 0.2) is 0 Å². The molecule has 228 valence electrons. The number of carboxylic acid groups (broad SMARTS) is 1. The number of hydrogen-bond acceptors (Lipinski definition) is 6. The van der Waals surface area contributed by atoms with E-state index in [1.807, 2.05) is 31.7 Å². The fourth-order valence-electron chi connectivity index (χ4n) is 6.55. The third-order valence-corrected chi connectivity index (χ3v) is 9.62. The number of thiophene rings is 1. The first-order valence-corrected chi connectivity index (χ1v) is 16.4. The Balaban J connectivity index is 1.40. The topological polar surface area (TPSA) is 78.3 Å². The van der Waals surface area contributed by atoms with Crippen LogP contribution in [0.1, 0.15) is 81.5 Å². The molecule has 2 aliphatic rings. The number of aromatic nitrogens is 1. The smallest absolute Gasteiger partial charge is 0.410 e. The first kappa shape index (κ1) is 30.4. The molecule has 0 radical (unpaired) electrons. The molecule has 4 heterocycles. The number of para-hydroxylation sites is 1. The van der Waals surface area contributed by atoms with Crippen LogP contribution in [0.25, 0.3) is 21.5 Å². The number of nitrogens with zero attached hydrogens (tertiary/aromatic N) is 4. The van der Waals surface area contributed by atoms with Crippen molar-refractivity contribution in [2.75, 3.05) is 50.7 Å². The van der Waals surface area contributed by atoms with Gasteiger partial charge in [0, 0.05) is 63.6 Å². The van der Waals surface area contributed by atoms with Crippen LogP contribution in [0.5, 0.6) is 0 Å². The average molecular weight is 595 g/mol. The monoisotopic (exact) mass is 594 g/mol. The van der Waals surface area contributed by atoms with Gasteiger partial charge in [0.1, 0.15) is 10.5 Å². The van der Waals surface area contributed by atoms with E-state index < -0.39 is 11.6 Å². The summed E-state index contributed by atoms with van der Waals surface area (Å²) in [4.78, 5) is 31.7. The molecule has 1 aromatic carbocycles. The Kier molecular flexibility index (Phi) is 9.18. The van der Waals surface area contributed by atoms with Gasteiger partial charge in [-0.25, -0.2) is 9.59 Å². The number of ether oxygens (including phenoxy) is 1. The lowest BCUT2D eigenvalue weighted by Gasteiger charge is -2.36. The maximum atomic E-state index is 12.5. The molecule has 1 amide bonds. The van der Waals surface area contributed by atoms with Crippen molar-refractivity contribution >= 4 is 39.3 Å². The van der Waals surface area contributed by atoms with Crippen molar-refractivity contribution < 1.29 is 19.4 Å². The summed E-state index contributed by atoms with van der Waals surface area (Å²) in [6.07, 6.45) is 4.17. The highest BCUT2D eigenvalue weighted by Crippen LogP contribution is 2.48. The maximum absolute atomic E-state index is 12.5. The fraction of sp³-hybridized carbons (Fsp3) is 0.576. The first-order chi connectivity index (χ1) is 20.1. The van der Waals surface area contributed by atoms with E-state index in [-0.39, 0.29) is 6.09 Å². The molecule has 0 aliphatic carbocycles. The molecule has 0 bridgehead atoms. The van der Waals surface area contributed by atoms with E-state index in [2.05, 4.69) is 52.5 Å². The number of piperazine rings is 1. The third kappa shape index (κ3) is 6.32. The molecular formula is C33H46N4O4S. The minimum absolute atomic E-state index is 0.225. The van der Waals surface area contributed by atoms with Gasteiger partial charge in [-0.05, 0) is 57.2 Å². The molecule has 1 saturated heterocycles. The van der Waals surface area contributed by atoms with Gasteiger partial charge in [0.2, 0.25) is 0 Å². The van der Waals surface area contributed by atoms with Gasteiger partial charge >= 0.3 is 12.1 Å². The Morgan fingerprint density at radius 3 is 2.31 bits per heavy atom. The second-order valence-corrected chi connectivity index (χ2v) is 13.7. The van der Waals surface area contributed by atoms with E-state index >= 15 is 0 Å². The lowest BCUT2D eigenvalue weighted by molar-refractivity contribution is 0.0147. The molecule has 0 saturated carbocycles. The second kappa shape index (κ2) is 12.7. The lowest BCUT2D eigenvalue weighted by Crippen LogP contribution is -2.51. The minimum Gasteiger partial charge on any atom is -0.477 e. The van der Waals surface area contributed by atoms with Crippen LogP contribution in [0, 0.1) is 0 Å². The predicted octanol–water partition coefficient (Wildman–Crippen LogP) is 7.12. The summed E-state index contributed by atoms with van der Waals surface area (Å²) < 4.78 is 9.13. The Morgan fingerprint density at radius 2 is 1.67 bits per heavy atom. The number of amides is 1. The van der Waals surface area contributed by atoms with E-state index in [4.69, 9.17) is 4.74 Å². The Bertz CT molecular complexity index is 1410. The molecular weight excluding hydrogens is 548 g/mol. The number of carbonyl (C=O) groups excluding carboxylic acids is 1. The molecule has 0 unspecified atom stereocenters. The number of aromatic carboxylic acids is 1. The van der Waals surface area contributed by atoms with Gasteiger partial charge in [-0.15, -0.1) is 11.3 Å². The Hall–Kier alpha value is -3.04. The highest BCUT2D eigenvalue weighted by atomic mass is 32.1. The highest BCUT2D eigenvalue weighted by Gasteiger charge is 2.31. The van der Waals surface area contributed by atoms with Gasteiger partial charge in [-0.3, -0.25) is 4.90 Å². The van der Waals surface area contributed by atoms with E-state index in [1.165, 1.54) is 33.8 Å². The van der Waals surface area contributed by atoms with Crippen LogP contribution in [-0.2, 0) is 11.3 Å². The van der Waals surface area contributed by atoms with Crippen molar-refractivity contribution in [1.29, 1.82) is 0 Å². The van der Waals surface area contributed by atoms with Crippen LogP contribution in [0.4, 0.5) is 10.5 Å². The highest BCUT2D eigenvalue weighted by molar-refractivity contribution is 7.21. The van der Waals surface area contributed by atoms with Crippen molar-refractivity contribution in [3.05, 3.63) is 40.8 Å². The number of fused-ring (bicyclic) bond motifs is 5. The molecule has 1 fully saturated rings. The van der Waals surface area contributed by atoms with Gasteiger partial charge in [0.05, 0.1) is 15.9 Å². The normalized spacial score (nSPS) is 16.0. The van der Waals surface area contributed by atoms with Crippen LogP contribution >= 0.6 is 11.3 Å². The molecule has 0 atom stereocenters. The number of benzene rings is 1. The van der Waals surface area contributed by atoms with Crippen LogP contribution in [-0.4, -0.2) is 83.0 Å². The fourth-order valence-corrected chi connectivity index (χ4v) is 7.68. The van der Waals surface area contributed by atoms with Crippen molar-refractivity contribution in [2.24, 2.45) is 0 Å². The zero-order valence-corrected chi connectivity index (χ0v) is 26.6. The quantitative estimate of drug-likeness (QED) is 0.284. The second-order valence-electron chi connectivity index (χ2n) is 12.6. The summed E-state index contributed by atoms with van der Waals surface area (Å²) in [5.41, 5.74) is 5.71. The van der Waals surface area contributed by atoms with E-state index in [0.29, 0.717) is 23.9 Å². The van der Waals surface area contributed by atoms with Gasteiger partial charge in [-0.1, -0.05) is 44.9 Å². The van der Waals surface area contributed by atoms with Crippen LogP contribution in [0.3, 0.4) is 0 Å². The van der Waals surface area contributed by atoms with Crippen molar-refractivity contribution in [3.63, 3.8) is 0 Å². The summed E-state index contributed by atoms with van der Waals surface area (Å²) in [6.45, 7) is 16.7. The van der Waals surface area contributed by atoms with Crippen molar-refractivity contribution in [1.82, 2.24) is 14.4 Å². The predicted molar refractivity (Wildman–Crippen MR) is 171 cm³/mol. The summed E-state index contributed by atoms with van der Waals surface area (Å²) >= 11 is 1.44. The summed E-state index contributed by atoms with van der Waals surface area (Å²) in [5, 5.41) is 9.85. The van der Waals surface area contributed by atoms with Crippen molar-refractivity contribution in [3.8, 4) is 11.3 Å². The largest absolute Gasteiger partial charge is 0.477 e. The van der Waals surface area contributed by atoms with E-state index in [9.17, 15) is 14.7 Å².